The van der Waals surface area contributed by atoms with Crippen molar-refractivity contribution >= 4 is 28.1 Å². The van der Waals surface area contributed by atoms with Crippen molar-refractivity contribution < 1.29 is 17.7 Å². The molecular weight excluding hydrogens is 474 g/mol. The Morgan fingerprint density at radius 2 is 2.06 bits per heavy atom. The molecule has 184 valence electrons. The highest BCUT2D eigenvalue weighted by molar-refractivity contribution is 7.85. The minimum Gasteiger partial charge on any atom is -0.361 e. The number of nitrogens with one attached hydrogen (secondary N) is 1. The summed E-state index contributed by atoms with van der Waals surface area (Å²) in [6, 6.07) is 0. The molecule has 0 saturated heterocycles. The van der Waals surface area contributed by atoms with Crippen LogP contribution in [0.4, 0.5) is 20.5 Å². The number of ether oxygens (including phenoxy) is 1. The van der Waals surface area contributed by atoms with E-state index in [2.05, 4.69) is 42.8 Å². The molecule has 3 aliphatic rings. The van der Waals surface area contributed by atoms with Gasteiger partial charge in [-0.05, 0) is 38.2 Å². The summed E-state index contributed by atoms with van der Waals surface area (Å²) in [5.74, 6) is 7.97. The van der Waals surface area contributed by atoms with Crippen LogP contribution >= 0.6 is 0 Å². The Morgan fingerprint density at radius 1 is 1.26 bits per heavy atom. The molecular formula is C24H26F2N6O2S. The molecule has 0 aromatic carbocycles. The smallest absolute Gasteiger partial charge is 0.345 e. The van der Waals surface area contributed by atoms with Crippen molar-refractivity contribution in [3.05, 3.63) is 35.6 Å². The number of anilines is 2. The molecule has 35 heavy (non-hydrogen) atoms. The van der Waals surface area contributed by atoms with Crippen LogP contribution in [0.25, 0.3) is 5.57 Å². The molecule has 0 radical (unpaired) electrons. The third kappa shape index (κ3) is 5.04. The van der Waals surface area contributed by atoms with Crippen molar-refractivity contribution in [2.45, 2.75) is 56.1 Å². The van der Waals surface area contributed by atoms with Gasteiger partial charge in [-0.3, -0.25) is 4.21 Å². The number of hydrogen-bond acceptors (Lipinski definition) is 8. The highest BCUT2D eigenvalue weighted by Crippen LogP contribution is 2.39. The zero-order valence-electron chi connectivity index (χ0n) is 19.4. The molecule has 1 fully saturated rings. The van der Waals surface area contributed by atoms with E-state index in [1.807, 2.05) is 0 Å². The van der Waals surface area contributed by atoms with Gasteiger partial charge in [-0.25, -0.2) is 15.0 Å². The van der Waals surface area contributed by atoms with E-state index < -0.39 is 22.9 Å². The Kier molecular flexibility index (Phi) is 6.75. The average Bonchev–Trinajstić information content (AvgIpc) is 3.22. The van der Waals surface area contributed by atoms with E-state index in [0.29, 0.717) is 60.6 Å². The molecule has 0 amide bonds. The first kappa shape index (κ1) is 23.8. The first-order chi connectivity index (χ1) is 17.0. The number of rotatable bonds is 7. The lowest BCUT2D eigenvalue weighted by Gasteiger charge is -2.43. The largest absolute Gasteiger partial charge is 0.361 e. The topological polar surface area (TPSA) is 93.1 Å². The zero-order chi connectivity index (χ0) is 24.4. The van der Waals surface area contributed by atoms with Crippen LogP contribution in [-0.4, -0.2) is 61.7 Å². The molecule has 0 unspecified atom stereocenters. The van der Waals surface area contributed by atoms with Crippen LogP contribution in [0.3, 0.4) is 0 Å². The van der Waals surface area contributed by atoms with Crippen molar-refractivity contribution in [1.29, 1.82) is 0 Å². The molecule has 4 heterocycles. The second kappa shape index (κ2) is 9.95. The molecule has 0 bridgehead atoms. The summed E-state index contributed by atoms with van der Waals surface area (Å²) < 4.78 is 42.7. The van der Waals surface area contributed by atoms with Crippen molar-refractivity contribution in [1.82, 2.24) is 19.9 Å². The predicted octanol–water partition coefficient (Wildman–Crippen LogP) is 3.17. The van der Waals surface area contributed by atoms with E-state index in [1.54, 1.807) is 19.3 Å². The molecule has 2 aromatic heterocycles. The number of alkyl halides is 2. The minimum absolute atomic E-state index is 0.121. The fourth-order valence-corrected chi connectivity index (χ4v) is 5.86. The number of halogens is 2. The summed E-state index contributed by atoms with van der Waals surface area (Å²) in [7, 11) is -1.22. The molecule has 5 rings (SSSR count). The summed E-state index contributed by atoms with van der Waals surface area (Å²) in [6.07, 6.45) is 9.14. The maximum absolute atomic E-state index is 12.7. The van der Waals surface area contributed by atoms with Gasteiger partial charge in [0.1, 0.15) is 10.7 Å². The highest BCUT2D eigenvalue weighted by atomic mass is 32.2. The zero-order valence-corrected chi connectivity index (χ0v) is 20.2. The lowest BCUT2D eigenvalue weighted by Crippen LogP contribution is -2.50. The Labute approximate surface area is 205 Å². The molecule has 1 atom stereocenters. The van der Waals surface area contributed by atoms with Gasteiger partial charge in [0, 0.05) is 37.7 Å². The second-order valence-electron chi connectivity index (χ2n) is 8.87. The minimum atomic E-state index is -2.83. The quantitative estimate of drug-likeness (QED) is 0.580. The van der Waals surface area contributed by atoms with Gasteiger partial charge in [0.2, 0.25) is 5.95 Å². The highest BCUT2D eigenvalue weighted by Gasteiger charge is 2.40. The van der Waals surface area contributed by atoms with Gasteiger partial charge in [-0.2, -0.15) is 13.8 Å². The summed E-state index contributed by atoms with van der Waals surface area (Å²) in [5.41, 5.74) is 1.96. The molecule has 1 saturated carbocycles. The molecule has 0 spiro atoms. The van der Waals surface area contributed by atoms with Crippen molar-refractivity contribution in [2.24, 2.45) is 0 Å². The van der Waals surface area contributed by atoms with Gasteiger partial charge >= 0.3 is 6.61 Å². The summed E-state index contributed by atoms with van der Waals surface area (Å²) in [5, 5.41) is 3.33. The molecule has 1 N–H and O–H groups in total. The van der Waals surface area contributed by atoms with Crippen LogP contribution in [0.5, 0.6) is 0 Å². The Balaban J connectivity index is 1.37. The van der Waals surface area contributed by atoms with Crippen molar-refractivity contribution in [3.8, 4) is 11.8 Å². The SMILES string of the molecule is CC#Cc1cnc(C2=CCN(c3nc4c(c(NC5(COC(F)F)CCC5)n3)[S@](=O)CC4)CC2)nc1. The second-order valence-corrected chi connectivity index (χ2v) is 10.4. The van der Waals surface area contributed by atoms with Crippen LogP contribution in [0.1, 0.15) is 49.7 Å². The summed E-state index contributed by atoms with van der Waals surface area (Å²) >= 11 is 0. The van der Waals surface area contributed by atoms with Gasteiger partial charge in [0.25, 0.3) is 0 Å². The van der Waals surface area contributed by atoms with Crippen LogP contribution < -0.4 is 10.2 Å². The van der Waals surface area contributed by atoms with Gasteiger partial charge in [-0.1, -0.05) is 12.0 Å². The molecule has 1 aliphatic carbocycles. The normalized spacial score (nSPS) is 20.5. The number of fused-ring (bicyclic) bond motifs is 1. The third-order valence-electron chi connectivity index (χ3n) is 6.56. The summed E-state index contributed by atoms with van der Waals surface area (Å²) in [6.45, 7) is 0.0750. The molecule has 2 aliphatic heterocycles. The van der Waals surface area contributed by atoms with Gasteiger partial charge in [-0.15, -0.1) is 5.92 Å². The third-order valence-corrected chi connectivity index (χ3v) is 8.02. The number of aryl methyl sites for hydroxylation is 1. The maximum atomic E-state index is 12.7. The maximum Gasteiger partial charge on any atom is 0.345 e. The van der Waals surface area contributed by atoms with Crippen LogP contribution in [0.2, 0.25) is 0 Å². The van der Waals surface area contributed by atoms with Gasteiger partial charge < -0.3 is 15.0 Å². The van der Waals surface area contributed by atoms with E-state index in [0.717, 1.165) is 29.7 Å². The fourth-order valence-electron chi connectivity index (χ4n) is 4.55. The number of aromatic nitrogens is 4. The van der Waals surface area contributed by atoms with E-state index in [1.165, 1.54) is 0 Å². The average molecular weight is 501 g/mol. The van der Waals surface area contributed by atoms with Gasteiger partial charge in [0.05, 0.1) is 34.2 Å². The first-order valence-corrected chi connectivity index (χ1v) is 12.9. The standard InChI is InChI=1S/C24H26F2N6O2S/c1-2-4-16-13-27-20(28-14-16)17-5-10-32(11-6-17)23-29-18-7-12-35(33)19(18)21(30-23)31-24(8-3-9-24)15-34-22(25)26/h5,13-14,22H,3,6-12,15H2,1H3,(H,29,30,31)/t35-/m1/s1. The van der Waals surface area contributed by atoms with Crippen molar-refractivity contribution in [2.75, 3.05) is 35.7 Å². The Bertz CT molecular complexity index is 1220. The molecule has 11 heteroatoms. The Hall–Kier alpha value is -2.97. The van der Waals surface area contributed by atoms with Crippen molar-refractivity contribution in [3.63, 3.8) is 0 Å². The lowest BCUT2D eigenvalue weighted by molar-refractivity contribution is -0.145. The fraction of sp³-hybridized carbons (Fsp3) is 0.500. The van der Waals surface area contributed by atoms with Gasteiger partial charge in [0.15, 0.2) is 5.82 Å². The van der Waals surface area contributed by atoms with E-state index in [4.69, 9.17) is 9.97 Å². The van der Waals surface area contributed by atoms with E-state index in [9.17, 15) is 13.0 Å². The van der Waals surface area contributed by atoms with Crippen LogP contribution in [0, 0.1) is 11.8 Å². The van der Waals surface area contributed by atoms with E-state index in [-0.39, 0.29) is 6.61 Å². The molecule has 2 aromatic rings. The van der Waals surface area contributed by atoms with Crippen LogP contribution in [0.15, 0.2) is 23.4 Å². The number of hydrogen-bond donors (Lipinski definition) is 1. The number of nitrogens with zero attached hydrogens (tertiary/aromatic N) is 5. The van der Waals surface area contributed by atoms with E-state index >= 15 is 0 Å². The first-order valence-electron chi connectivity index (χ1n) is 11.6. The van der Waals surface area contributed by atoms with Crippen LogP contribution in [-0.2, 0) is 22.0 Å². The predicted molar refractivity (Wildman–Crippen MR) is 129 cm³/mol. The Morgan fingerprint density at radius 3 is 2.69 bits per heavy atom. The lowest BCUT2D eigenvalue weighted by atomic mass is 9.77. The molecule has 8 nitrogen and oxygen atoms in total. The monoisotopic (exact) mass is 500 g/mol. The summed E-state index contributed by atoms with van der Waals surface area (Å²) in [4.78, 5) is 21.0.